The van der Waals surface area contributed by atoms with Crippen molar-refractivity contribution in [3.05, 3.63) is 33.8 Å². The Morgan fingerprint density at radius 2 is 1.71 bits per heavy atom. The molecule has 0 saturated heterocycles. The Bertz CT molecular complexity index is 534. The van der Waals surface area contributed by atoms with Gasteiger partial charge in [0.25, 0.3) is 5.91 Å². The number of carboxylic acids is 1. The van der Waals surface area contributed by atoms with E-state index >= 15 is 0 Å². The van der Waals surface area contributed by atoms with E-state index in [9.17, 15) is 9.59 Å². The predicted molar refractivity (Wildman–Crippen MR) is 82.0 cm³/mol. The molecule has 0 aromatic heterocycles. The predicted octanol–water partition coefficient (Wildman–Crippen LogP) is 3.90. The molecule has 114 valence electrons. The first-order valence-corrected chi connectivity index (χ1v) is 7.67. The normalized spacial score (nSPS) is 17.2. The van der Waals surface area contributed by atoms with E-state index in [1.54, 1.807) is 18.2 Å². The summed E-state index contributed by atoms with van der Waals surface area (Å²) >= 11 is 12.1. The molecule has 1 aromatic carbocycles. The molecule has 1 aromatic rings. The third kappa shape index (κ3) is 3.89. The van der Waals surface area contributed by atoms with E-state index in [1.165, 1.54) is 0 Å². The smallest absolute Gasteiger partial charge is 0.305 e. The fourth-order valence-corrected chi connectivity index (χ4v) is 3.45. The molecule has 0 unspecified atom stereocenters. The zero-order valence-electron chi connectivity index (χ0n) is 11.5. The van der Waals surface area contributed by atoms with E-state index in [-0.39, 0.29) is 22.0 Å². The van der Waals surface area contributed by atoms with Crippen LogP contribution in [0.1, 0.15) is 48.9 Å². The standard InChI is InChI=1S/C15H17Cl2NO3/c16-10-5-4-6-11(17)13(10)14(21)18-15(9-12(19)20)7-2-1-3-8-15/h4-6H,1-3,7-9H2,(H,18,21)(H,19,20). The lowest BCUT2D eigenvalue weighted by Gasteiger charge is -2.37. The van der Waals surface area contributed by atoms with Crippen molar-refractivity contribution in [3.8, 4) is 0 Å². The van der Waals surface area contributed by atoms with Gasteiger partial charge in [-0.1, -0.05) is 48.5 Å². The Labute approximate surface area is 133 Å². The summed E-state index contributed by atoms with van der Waals surface area (Å²) in [6.07, 6.45) is 4.11. The van der Waals surface area contributed by atoms with Crippen LogP contribution in [0.3, 0.4) is 0 Å². The van der Waals surface area contributed by atoms with Gasteiger partial charge in [0, 0.05) is 0 Å². The molecule has 0 heterocycles. The van der Waals surface area contributed by atoms with Crippen LogP contribution in [0.4, 0.5) is 0 Å². The highest BCUT2D eigenvalue weighted by atomic mass is 35.5. The van der Waals surface area contributed by atoms with Crippen LogP contribution in [0, 0.1) is 0 Å². The van der Waals surface area contributed by atoms with E-state index < -0.39 is 17.4 Å². The highest BCUT2D eigenvalue weighted by Crippen LogP contribution is 2.33. The van der Waals surface area contributed by atoms with Crippen LogP contribution in [0.15, 0.2) is 18.2 Å². The fraction of sp³-hybridized carbons (Fsp3) is 0.467. The Morgan fingerprint density at radius 1 is 1.14 bits per heavy atom. The number of rotatable bonds is 4. The van der Waals surface area contributed by atoms with Crippen LogP contribution in [-0.4, -0.2) is 22.5 Å². The third-order valence-electron chi connectivity index (χ3n) is 3.87. The monoisotopic (exact) mass is 329 g/mol. The number of nitrogens with one attached hydrogen (secondary N) is 1. The maximum atomic E-state index is 12.5. The molecule has 1 aliphatic rings. The number of benzene rings is 1. The first-order valence-electron chi connectivity index (χ1n) is 6.92. The topological polar surface area (TPSA) is 66.4 Å². The number of halogens is 2. The highest BCUT2D eigenvalue weighted by molar-refractivity contribution is 6.39. The van der Waals surface area contributed by atoms with Crippen LogP contribution in [0.5, 0.6) is 0 Å². The van der Waals surface area contributed by atoms with Crippen molar-refractivity contribution < 1.29 is 14.7 Å². The van der Waals surface area contributed by atoms with Crippen molar-refractivity contribution in [2.75, 3.05) is 0 Å². The second-order valence-corrected chi connectivity index (χ2v) is 6.28. The number of hydrogen-bond acceptors (Lipinski definition) is 2. The van der Waals surface area contributed by atoms with Gasteiger partial charge in [-0.05, 0) is 25.0 Å². The fourth-order valence-electron chi connectivity index (χ4n) is 2.88. The Balaban J connectivity index is 2.24. The van der Waals surface area contributed by atoms with Crippen LogP contribution in [0.25, 0.3) is 0 Å². The zero-order chi connectivity index (χ0) is 15.5. The zero-order valence-corrected chi connectivity index (χ0v) is 13.0. The van der Waals surface area contributed by atoms with E-state index in [0.717, 1.165) is 19.3 Å². The lowest BCUT2D eigenvalue weighted by Crippen LogP contribution is -2.51. The van der Waals surface area contributed by atoms with Gasteiger partial charge in [0.05, 0.1) is 27.6 Å². The van der Waals surface area contributed by atoms with Crippen LogP contribution in [0.2, 0.25) is 10.0 Å². The number of hydrogen-bond donors (Lipinski definition) is 2. The lowest BCUT2D eigenvalue weighted by molar-refractivity contribution is -0.139. The highest BCUT2D eigenvalue weighted by Gasteiger charge is 2.36. The summed E-state index contributed by atoms with van der Waals surface area (Å²) in [7, 11) is 0. The first kappa shape index (κ1) is 16.1. The lowest BCUT2D eigenvalue weighted by atomic mass is 9.79. The van der Waals surface area contributed by atoms with Gasteiger partial charge < -0.3 is 10.4 Å². The molecule has 1 fully saturated rings. The summed E-state index contributed by atoms with van der Waals surface area (Å²) in [5.74, 6) is -1.32. The molecule has 2 rings (SSSR count). The van der Waals surface area contributed by atoms with Crippen molar-refractivity contribution in [2.24, 2.45) is 0 Å². The summed E-state index contributed by atoms with van der Waals surface area (Å²) in [5, 5.41) is 12.5. The SMILES string of the molecule is O=C(O)CC1(NC(=O)c2c(Cl)cccc2Cl)CCCCC1. The molecule has 0 spiro atoms. The van der Waals surface area contributed by atoms with Gasteiger partial charge in [0.1, 0.15) is 0 Å². The molecular formula is C15H17Cl2NO3. The second-order valence-electron chi connectivity index (χ2n) is 5.46. The minimum atomic E-state index is -0.914. The molecular weight excluding hydrogens is 313 g/mol. The molecule has 4 nitrogen and oxygen atoms in total. The van der Waals surface area contributed by atoms with Crippen molar-refractivity contribution in [1.29, 1.82) is 0 Å². The minimum absolute atomic E-state index is 0.0825. The number of aliphatic carboxylic acids is 1. The van der Waals surface area contributed by atoms with E-state index in [1.807, 2.05) is 0 Å². The molecule has 2 N–H and O–H groups in total. The summed E-state index contributed by atoms with van der Waals surface area (Å²) < 4.78 is 0. The molecule has 0 radical (unpaired) electrons. The number of amides is 1. The Morgan fingerprint density at radius 3 is 2.24 bits per heavy atom. The Hall–Kier alpha value is -1.26. The summed E-state index contributed by atoms with van der Waals surface area (Å²) in [6.45, 7) is 0. The maximum absolute atomic E-state index is 12.5. The van der Waals surface area contributed by atoms with E-state index in [4.69, 9.17) is 28.3 Å². The number of carbonyl (C=O) groups is 2. The second kappa shape index (κ2) is 6.67. The molecule has 0 aliphatic heterocycles. The molecule has 1 saturated carbocycles. The molecule has 0 atom stereocenters. The average molecular weight is 330 g/mol. The summed E-state index contributed by atoms with van der Waals surface area (Å²) in [5.41, 5.74) is -0.500. The number of carbonyl (C=O) groups excluding carboxylic acids is 1. The quantitative estimate of drug-likeness (QED) is 0.880. The van der Waals surface area contributed by atoms with Gasteiger partial charge in [0.15, 0.2) is 0 Å². The summed E-state index contributed by atoms with van der Waals surface area (Å²) in [4.78, 5) is 23.6. The van der Waals surface area contributed by atoms with Gasteiger partial charge in [-0.25, -0.2) is 0 Å². The van der Waals surface area contributed by atoms with Crippen LogP contribution >= 0.6 is 23.2 Å². The summed E-state index contributed by atoms with van der Waals surface area (Å²) in [6, 6.07) is 4.84. The van der Waals surface area contributed by atoms with Crippen molar-refractivity contribution in [1.82, 2.24) is 5.32 Å². The average Bonchev–Trinajstić information content (AvgIpc) is 2.38. The van der Waals surface area contributed by atoms with Gasteiger partial charge >= 0.3 is 5.97 Å². The first-order chi connectivity index (χ1) is 9.93. The maximum Gasteiger partial charge on any atom is 0.305 e. The van der Waals surface area contributed by atoms with Gasteiger partial charge in [-0.2, -0.15) is 0 Å². The largest absolute Gasteiger partial charge is 0.481 e. The molecule has 0 bridgehead atoms. The van der Waals surface area contributed by atoms with E-state index in [2.05, 4.69) is 5.32 Å². The van der Waals surface area contributed by atoms with Crippen molar-refractivity contribution >= 4 is 35.1 Å². The number of carboxylic acid groups (broad SMARTS) is 1. The van der Waals surface area contributed by atoms with Crippen molar-refractivity contribution in [2.45, 2.75) is 44.1 Å². The van der Waals surface area contributed by atoms with Gasteiger partial charge in [-0.3, -0.25) is 9.59 Å². The third-order valence-corrected chi connectivity index (χ3v) is 4.50. The molecule has 1 amide bonds. The minimum Gasteiger partial charge on any atom is -0.481 e. The molecule has 6 heteroatoms. The van der Waals surface area contributed by atoms with Crippen molar-refractivity contribution in [3.63, 3.8) is 0 Å². The molecule has 1 aliphatic carbocycles. The van der Waals surface area contributed by atoms with Gasteiger partial charge in [-0.15, -0.1) is 0 Å². The molecule has 21 heavy (non-hydrogen) atoms. The van der Waals surface area contributed by atoms with E-state index in [0.29, 0.717) is 12.8 Å². The van der Waals surface area contributed by atoms with Crippen LogP contribution in [-0.2, 0) is 4.79 Å². The Kier molecular flexibility index (Phi) is 5.12. The van der Waals surface area contributed by atoms with Crippen LogP contribution < -0.4 is 5.32 Å². The van der Waals surface area contributed by atoms with Gasteiger partial charge in [0.2, 0.25) is 0 Å².